The molecule has 1 aliphatic rings. The van der Waals surface area contributed by atoms with Crippen molar-refractivity contribution >= 4 is 40.4 Å². The van der Waals surface area contributed by atoms with E-state index in [4.69, 9.17) is 21.1 Å². The Morgan fingerprint density at radius 2 is 2.00 bits per heavy atom. The molecule has 8 heteroatoms. The SMILES string of the molecule is CCOc1cc(Nc2ncc(C)c(Nc3ccc4c(c3)NCO4)n2)ccc1Cl. The van der Waals surface area contributed by atoms with Gasteiger partial charge in [0, 0.05) is 29.2 Å². The fourth-order valence-electron chi connectivity index (χ4n) is 2.81. The highest BCUT2D eigenvalue weighted by Crippen LogP contribution is 2.33. The van der Waals surface area contributed by atoms with Crippen LogP contribution in [0.25, 0.3) is 0 Å². The van der Waals surface area contributed by atoms with Gasteiger partial charge in [-0.05, 0) is 44.2 Å². The second kappa shape index (κ2) is 7.82. The molecule has 144 valence electrons. The molecule has 0 bridgehead atoms. The van der Waals surface area contributed by atoms with Crippen LogP contribution in [0.2, 0.25) is 5.02 Å². The number of nitrogens with zero attached hydrogens (tertiary/aromatic N) is 2. The second-order valence-electron chi connectivity index (χ2n) is 6.23. The highest BCUT2D eigenvalue weighted by atomic mass is 35.5. The van der Waals surface area contributed by atoms with Crippen molar-refractivity contribution in [3.8, 4) is 11.5 Å². The summed E-state index contributed by atoms with van der Waals surface area (Å²) in [5, 5.41) is 10.3. The van der Waals surface area contributed by atoms with E-state index in [1.54, 1.807) is 12.3 Å². The van der Waals surface area contributed by atoms with Gasteiger partial charge in [-0.15, -0.1) is 0 Å². The topological polar surface area (TPSA) is 80.3 Å². The Labute approximate surface area is 168 Å². The molecule has 0 spiro atoms. The van der Waals surface area contributed by atoms with Crippen LogP contribution in [0.1, 0.15) is 12.5 Å². The molecule has 2 aromatic carbocycles. The monoisotopic (exact) mass is 397 g/mol. The molecule has 0 fully saturated rings. The van der Waals surface area contributed by atoms with Crippen LogP contribution in [0.4, 0.5) is 28.8 Å². The van der Waals surface area contributed by atoms with Gasteiger partial charge < -0.3 is 25.4 Å². The summed E-state index contributed by atoms with van der Waals surface area (Å²) in [6.45, 7) is 4.90. The number of aromatic nitrogens is 2. The maximum absolute atomic E-state index is 6.15. The van der Waals surface area contributed by atoms with Crippen LogP contribution in [0.3, 0.4) is 0 Å². The second-order valence-corrected chi connectivity index (χ2v) is 6.64. The molecule has 0 atom stereocenters. The molecule has 3 N–H and O–H groups in total. The first-order valence-corrected chi connectivity index (χ1v) is 9.31. The van der Waals surface area contributed by atoms with Crippen molar-refractivity contribution in [2.24, 2.45) is 0 Å². The van der Waals surface area contributed by atoms with E-state index < -0.39 is 0 Å². The summed E-state index contributed by atoms with van der Waals surface area (Å²) in [6, 6.07) is 11.3. The third-order valence-electron chi connectivity index (χ3n) is 4.19. The molecule has 7 nitrogen and oxygen atoms in total. The zero-order valence-corrected chi connectivity index (χ0v) is 16.3. The smallest absolute Gasteiger partial charge is 0.229 e. The number of fused-ring (bicyclic) bond motifs is 1. The molecule has 0 amide bonds. The first-order valence-electron chi connectivity index (χ1n) is 8.93. The molecule has 4 rings (SSSR count). The van der Waals surface area contributed by atoms with Crippen LogP contribution in [0.15, 0.2) is 42.6 Å². The van der Waals surface area contributed by atoms with E-state index in [2.05, 4.69) is 25.9 Å². The van der Waals surface area contributed by atoms with E-state index in [0.717, 1.165) is 34.2 Å². The van der Waals surface area contributed by atoms with Crippen LogP contribution < -0.4 is 25.4 Å². The summed E-state index contributed by atoms with van der Waals surface area (Å²) in [4.78, 5) is 8.96. The predicted molar refractivity (Wildman–Crippen MR) is 112 cm³/mol. The molecule has 1 aliphatic heterocycles. The molecular formula is C20H20ClN5O2. The molecule has 2 heterocycles. The minimum Gasteiger partial charge on any atom is -0.492 e. The highest BCUT2D eigenvalue weighted by molar-refractivity contribution is 6.32. The number of anilines is 5. The summed E-state index contributed by atoms with van der Waals surface area (Å²) >= 11 is 6.15. The average Bonchev–Trinajstić information content (AvgIpc) is 3.15. The van der Waals surface area contributed by atoms with E-state index in [0.29, 0.717) is 30.1 Å². The Morgan fingerprint density at radius 1 is 1.18 bits per heavy atom. The van der Waals surface area contributed by atoms with Crippen molar-refractivity contribution in [2.45, 2.75) is 13.8 Å². The molecular weight excluding hydrogens is 378 g/mol. The van der Waals surface area contributed by atoms with E-state index in [-0.39, 0.29) is 0 Å². The Kier molecular flexibility index (Phi) is 5.08. The summed E-state index contributed by atoms with van der Waals surface area (Å²) < 4.78 is 11.0. The minimum absolute atomic E-state index is 0.473. The summed E-state index contributed by atoms with van der Waals surface area (Å²) in [5.74, 6) is 2.66. The van der Waals surface area contributed by atoms with Crippen LogP contribution >= 0.6 is 11.6 Å². The molecule has 0 aliphatic carbocycles. The van der Waals surface area contributed by atoms with Gasteiger partial charge in [0.25, 0.3) is 0 Å². The van der Waals surface area contributed by atoms with Gasteiger partial charge >= 0.3 is 0 Å². The first kappa shape index (κ1) is 18.2. The predicted octanol–water partition coefficient (Wildman–Crippen LogP) is 5.09. The number of rotatable bonds is 6. The Bertz CT molecular complexity index is 1010. The number of halogens is 1. The number of hydrogen-bond donors (Lipinski definition) is 3. The van der Waals surface area contributed by atoms with Gasteiger partial charge in [-0.3, -0.25) is 0 Å². The van der Waals surface area contributed by atoms with Crippen molar-refractivity contribution in [1.29, 1.82) is 0 Å². The third-order valence-corrected chi connectivity index (χ3v) is 4.50. The van der Waals surface area contributed by atoms with Gasteiger partial charge in [-0.2, -0.15) is 4.98 Å². The van der Waals surface area contributed by atoms with Crippen LogP contribution in [0.5, 0.6) is 11.5 Å². The third kappa shape index (κ3) is 3.89. The molecule has 0 radical (unpaired) electrons. The van der Waals surface area contributed by atoms with Crippen LogP contribution in [0, 0.1) is 6.92 Å². The van der Waals surface area contributed by atoms with Crippen LogP contribution in [-0.2, 0) is 0 Å². The standard InChI is InChI=1S/C20H20ClN5O2/c1-3-27-18-9-14(4-6-15(18)21)25-20-22-10-12(2)19(26-20)24-13-5-7-17-16(8-13)23-11-28-17/h4-10,23H,3,11H2,1-2H3,(H2,22,24,25,26). The lowest BCUT2D eigenvalue weighted by Crippen LogP contribution is -2.03. The van der Waals surface area contributed by atoms with Gasteiger partial charge in [0.2, 0.25) is 5.95 Å². The van der Waals surface area contributed by atoms with Crippen molar-refractivity contribution in [3.05, 3.63) is 53.2 Å². The number of aryl methyl sites for hydroxylation is 1. The number of ether oxygens (including phenoxy) is 2. The first-order chi connectivity index (χ1) is 13.6. The molecule has 0 unspecified atom stereocenters. The summed E-state index contributed by atoms with van der Waals surface area (Å²) in [6.07, 6.45) is 1.77. The van der Waals surface area contributed by atoms with Gasteiger partial charge in [-0.25, -0.2) is 4.98 Å². The summed E-state index contributed by atoms with van der Waals surface area (Å²) in [7, 11) is 0. The van der Waals surface area contributed by atoms with E-state index >= 15 is 0 Å². The van der Waals surface area contributed by atoms with Gasteiger partial charge in [0.1, 0.15) is 17.3 Å². The van der Waals surface area contributed by atoms with Crippen molar-refractivity contribution in [3.63, 3.8) is 0 Å². The quantitative estimate of drug-likeness (QED) is 0.534. The molecule has 0 saturated heterocycles. The lowest BCUT2D eigenvalue weighted by Gasteiger charge is -2.13. The van der Waals surface area contributed by atoms with E-state index in [1.165, 1.54) is 0 Å². The Balaban J connectivity index is 1.55. The van der Waals surface area contributed by atoms with Gasteiger partial charge in [0.15, 0.2) is 6.73 Å². The molecule has 3 aromatic rings. The fraction of sp³-hybridized carbons (Fsp3) is 0.200. The number of hydrogen-bond acceptors (Lipinski definition) is 7. The Morgan fingerprint density at radius 3 is 2.86 bits per heavy atom. The maximum atomic E-state index is 6.15. The van der Waals surface area contributed by atoms with E-state index in [9.17, 15) is 0 Å². The normalized spacial score (nSPS) is 12.0. The Hall–Kier alpha value is -3.19. The van der Waals surface area contributed by atoms with Gasteiger partial charge in [-0.1, -0.05) is 11.6 Å². The largest absolute Gasteiger partial charge is 0.492 e. The zero-order chi connectivity index (χ0) is 19.5. The van der Waals surface area contributed by atoms with E-state index in [1.807, 2.05) is 44.2 Å². The minimum atomic E-state index is 0.473. The zero-order valence-electron chi connectivity index (χ0n) is 15.5. The molecule has 1 aromatic heterocycles. The maximum Gasteiger partial charge on any atom is 0.229 e. The van der Waals surface area contributed by atoms with Gasteiger partial charge in [0.05, 0.1) is 17.3 Å². The summed E-state index contributed by atoms with van der Waals surface area (Å²) in [5.41, 5.74) is 3.59. The van der Waals surface area contributed by atoms with Crippen molar-refractivity contribution in [2.75, 3.05) is 29.3 Å². The van der Waals surface area contributed by atoms with Crippen molar-refractivity contribution < 1.29 is 9.47 Å². The number of nitrogens with one attached hydrogen (secondary N) is 3. The fourth-order valence-corrected chi connectivity index (χ4v) is 2.98. The average molecular weight is 398 g/mol. The lowest BCUT2D eigenvalue weighted by atomic mass is 10.2. The number of benzene rings is 2. The van der Waals surface area contributed by atoms with Crippen LogP contribution in [-0.4, -0.2) is 23.3 Å². The lowest BCUT2D eigenvalue weighted by molar-refractivity contribution is 0.340. The van der Waals surface area contributed by atoms with Crippen molar-refractivity contribution in [1.82, 2.24) is 9.97 Å². The molecule has 28 heavy (non-hydrogen) atoms. The molecule has 0 saturated carbocycles. The highest BCUT2D eigenvalue weighted by Gasteiger charge is 2.12.